The second kappa shape index (κ2) is 9.71. The number of carbonyl (C=O) groups excluding carboxylic acids is 1. The van der Waals surface area contributed by atoms with Crippen molar-refractivity contribution in [2.45, 2.75) is 25.3 Å². The first-order valence-electron chi connectivity index (χ1n) is 9.63. The number of rotatable bonds is 9. The van der Waals surface area contributed by atoms with E-state index in [1.807, 2.05) is 30.3 Å². The lowest BCUT2D eigenvalue weighted by Crippen LogP contribution is -2.31. The Morgan fingerprint density at radius 2 is 1.77 bits per heavy atom. The van der Waals surface area contributed by atoms with Crippen LogP contribution in [0.1, 0.15) is 30.1 Å². The maximum Gasteiger partial charge on any atom is 0.338 e. The first-order chi connectivity index (χ1) is 14.9. The van der Waals surface area contributed by atoms with E-state index in [0.717, 1.165) is 5.56 Å². The molecule has 0 N–H and O–H groups in total. The minimum absolute atomic E-state index is 0.0642. The highest BCUT2D eigenvalue weighted by atomic mass is 32.2. The first-order valence-corrected chi connectivity index (χ1v) is 11.1. The standard InChI is InChI=1S/C21H23N3O6S/c1-4-24(5-2)31(26,27)18-13-16(11-12-17(18)28-3)21(25)29-14-19-22-23-20(30-19)15-9-7-6-8-10-15/h6-13H,4-5,14H2,1-3H3. The number of ether oxygens (including phenoxy) is 2. The van der Waals surface area contributed by atoms with Gasteiger partial charge in [-0.2, -0.15) is 4.31 Å². The monoisotopic (exact) mass is 445 g/mol. The van der Waals surface area contributed by atoms with Crippen molar-refractivity contribution in [3.8, 4) is 17.2 Å². The van der Waals surface area contributed by atoms with E-state index in [0.29, 0.717) is 5.89 Å². The summed E-state index contributed by atoms with van der Waals surface area (Å²) in [7, 11) is -2.47. The smallest absolute Gasteiger partial charge is 0.338 e. The van der Waals surface area contributed by atoms with Crippen LogP contribution in [0.2, 0.25) is 0 Å². The van der Waals surface area contributed by atoms with E-state index < -0.39 is 16.0 Å². The average Bonchev–Trinajstić information content (AvgIpc) is 3.27. The molecule has 164 valence electrons. The van der Waals surface area contributed by atoms with Gasteiger partial charge in [0.2, 0.25) is 15.9 Å². The Hall–Kier alpha value is -3.24. The highest BCUT2D eigenvalue weighted by molar-refractivity contribution is 7.89. The zero-order valence-electron chi connectivity index (χ0n) is 17.4. The molecule has 0 fully saturated rings. The van der Waals surface area contributed by atoms with Crippen LogP contribution < -0.4 is 4.74 Å². The van der Waals surface area contributed by atoms with Gasteiger partial charge in [-0.15, -0.1) is 10.2 Å². The van der Waals surface area contributed by atoms with E-state index in [1.165, 1.54) is 29.6 Å². The van der Waals surface area contributed by atoms with Crippen LogP contribution >= 0.6 is 0 Å². The molecule has 0 aliphatic heterocycles. The fourth-order valence-electron chi connectivity index (χ4n) is 2.93. The van der Waals surface area contributed by atoms with Crippen LogP contribution in [0.25, 0.3) is 11.5 Å². The Kier molecular flexibility index (Phi) is 7.03. The molecule has 0 bridgehead atoms. The number of carbonyl (C=O) groups is 1. The number of aromatic nitrogens is 2. The van der Waals surface area contributed by atoms with Gasteiger partial charge < -0.3 is 13.9 Å². The van der Waals surface area contributed by atoms with Crippen LogP contribution in [-0.4, -0.2) is 49.1 Å². The summed E-state index contributed by atoms with van der Waals surface area (Å²) in [5.74, 6) is -0.147. The second-order valence-corrected chi connectivity index (χ2v) is 8.30. The number of methoxy groups -OCH3 is 1. The van der Waals surface area contributed by atoms with E-state index in [2.05, 4.69) is 10.2 Å². The van der Waals surface area contributed by atoms with E-state index in [1.54, 1.807) is 13.8 Å². The van der Waals surface area contributed by atoms with E-state index in [9.17, 15) is 13.2 Å². The maximum absolute atomic E-state index is 12.9. The summed E-state index contributed by atoms with van der Waals surface area (Å²) in [6.07, 6.45) is 0. The SMILES string of the molecule is CCN(CC)S(=O)(=O)c1cc(C(=O)OCc2nnc(-c3ccccc3)o2)ccc1OC. The van der Waals surface area contributed by atoms with Crippen molar-refractivity contribution < 1.29 is 27.1 Å². The van der Waals surface area contributed by atoms with Crippen LogP contribution in [0.3, 0.4) is 0 Å². The highest BCUT2D eigenvalue weighted by Crippen LogP contribution is 2.28. The van der Waals surface area contributed by atoms with Crippen molar-refractivity contribution in [1.29, 1.82) is 0 Å². The molecule has 2 aromatic carbocycles. The van der Waals surface area contributed by atoms with Crippen LogP contribution in [0.5, 0.6) is 5.75 Å². The summed E-state index contributed by atoms with van der Waals surface area (Å²) in [6, 6.07) is 13.3. The number of hydrogen-bond donors (Lipinski definition) is 0. The van der Waals surface area contributed by atoms with Crippen LogP contribution in [0, 0.1) is 0 Å². The maximum atomic E-state index is 12.9. The lowest BCUT2D eigenvalue weighted by molar-refractivity contribution is 0.0438. The third kappa shape index (κ3) is 4.92. The van der Waals surface area contributed by atoms with Crippen LogP contribution in [-0.2, 0) is 21.4 Å². The summed E-state index contributed by atoms with van der Waals surface area (Å²) in [5, 5.41) is 7.81. The Labute approximate surface area is 180 Å². The average molecular weight is 445 g/mol. The zero-order valence-corrected chi connectivity index (χ0v) is 18.3. The van der Waals surface area contributed by atoms with E-state index in [4.69, 9.17) is 13.9 Å². The third-order valence-corrected chi connectivity index (χ3v) is 6.61. The van der Waals surface area contributed by atoms with Crippen molar-refractivity contribution in [3.63, 3.8) is 0 Å². The Morgan fingerprint density at radius 1 is 1.06 bits per heavy atom. The molecule has 0 aliphatic carbocycles. The van der Waals surface area contributed by atoms with Crippen LogP contribution in [0.15, 0.2) is 57.8 Å². The predicted molar refractivity (Wildman–Crippen MR) is 112 cm³/mol. The molecule has 0 amide bonds. The molecule has 0 unspecified atom stereocenters. The lowest BCUT2D eigenvalue weighted by atomic mass is 10.2. The van der Waals surface area contributed by atoms with Gasteiger partial charge >= 0.3 is 5.97 Å². The molecule has 1 heterocycles. The Bertz CT molecular complexity index is 1140. The molecule has 9 nitrogen and oxygen atoms in total. The molecule has 0 atom stereocenters. The quantitative estimate of drug-likeness (QED) is 0.462. The van der Waals surface area contributed by atoms with Gasteiger partial charge in [-0.3, -0.25) is 0 Å². The summed E-state index contributed by atoms with van der Waals surface area (Å²) in [5.41, 5.74) is 0.809. The summed E-state index contributed by atoms with van der Waals surface area (Å²) in [4.78, 5) is 12.4. The largest absolute Gasteiger partial charge is 0.495 e. The molecule has 0 radical (unpaired) electrons. The summed E-state index contributed by atoms with van der Waals surface area (Å²) < 4.78 is 43.1. The molecular weight excluding hydrogens is 422 g/mol. The van der Waals surface area contributed by atoms with Crippen molar-refractivity contribution in [2.24, 2.45) is 0 Å². The van der Waals surface area contributed by atoms with Gasteiger partial charge in [0.05, 0.1) is 12.7 Å². The van der Waals surface area contributed by atoms with Gasteiger partial charge in [0.25, 0.3) is 5.89 Å². The number of nitrogens with zero attached hydrogens (tertiary/aromatic N) is 3. The highest BCUT2D eigenvalue weighted by Gasteiger charge is 2.27. The minimum Gasteiger partial charge on any atom is -0.495 e. The molecular formula is C21H23N3O6S. The minimum atomic E-state index is -3.83. The summed E-state index contributed by atoms with van der Waals surface area (Å²) >= 11 is 0. The Balaban J connectivity index is 1.77. The fraction of sp³-hybridized carbons (Fsp3) is 0.286. The molecule has 0 aliphatic rings. The fourth-order valence-corrected chi connectivity index (χ4v) is 4.57. The topological polar surface area (TPSA) is 112 Å². The number of esters is 1. The number of benzene rings is 2. The first kappa shape index (κ1) is 22.4. The van der Waals surface area contributed by atoms with Gasteiger partial charge in [0, 0.05) is 18.7 Å². The normalized spacial score (nSPS) is 11.5. The van der Waals surface area contributed by atoms with Crippen molar-refractivity contribution >= 4 is 16.0 Å². The van der Waals surface area contributed by atoms with Gasteiger partial charge in [-0.05, 0) is 30.3 Å². The molecule has 0 saturated heterocycles. The van der Waals surface area contributed by atoms with Crippen molar-refractivity contribution in [2.75, 3.05) is 20.2 Å². The number of hydrogen-bond acceptors (Lipinski definition) is 8. The third-order valence-electron chi connectivity index (χ3n) is 4.54. The molecule has 10 heteroatoms. The second-order valence-electron chi connectivity index (χ2n) is 6.40. The van der Waals surface area contributed by atoms with Crippen molar-refractivity contribution in [1.82, 2.24) is 14.5 Å². The molecule has 1 aromatic heterocycles. The lowest BCUT2D eigenvalue weighted by Gasteiger charge is -2.20. The van der Waals surface area contributed by atoms with Crippen LogP contribution in [0.4, 0.5) is 0 Å². The van der Waals surface area contributed by atoms with Gasteiger partial charge in [-0.25, -0.2) is 13.2 Å². The van der Waals surface area contributed by atoms with Gasteiger partial charge in [0.15, 0.2) is 6.61 Å². The Morgan fingerprint density at radius 3 is 2.42 bits per heavy atom. The molecule has 31 heavy (non-hydrogen) atoms. The molecule has 0 spiro atoms. The van der Waals surface area contributed by atoms with E-state index >= 15 is 0 Å². The van der Waals surface area contributed by atoms with Gasteiger partial charge in [-0.1, -0.05) is 32.0 Å². The number of sulfonamides is 1. The molecule has 3 aromatic rings. The predicted octanol–water partition coefficient (Wildman–Crippen LogP) is 3.13. The molecule has 0 saturated carbocycles. The van der Waals surface area contributed by atoms with Crippen molar-refractivity contribution in [3.05, 3.63) is 60.0 Å². The summed E-state index contributed by atoms with van der Waals surface area (Å²) in [6.45, 7) is 3.80. The zero-order chi connectivity index (χ0) is 22.4. The van der Waals surface area contributed by atoms with E-state index in [-0.39, 0.29) is 41.8 Å². The molecule has 3 rings (SSSR count). The van der Waals surface area contributed by atoms with Gasteiger partial charge in [0.1, 0.15) is 10.6 Å².